The molecule has 0 spiro atoms. The van der Waals surface area contributed by atoms with E-state index in [1.165, 1.54) is 12.1 Å². The molecule has 0 aliphatic carbocycles. The molecule has 0 saturated carbocycles. The van der Waals surface area contributed by atoms with Crippen LogP contribution >= 0.6 is 0 Å². The molecule has 2 heterocycles. The zero-order valence-electron chi connectivity index (χ0n) is 9.43. The topological polar surface area (TPSA) is 72.6 Å². The minimum absolute atomic E-state index is 0.0908. The number of ether oxygens (including phenoxy) is 1. The number of nitrogens with two attached hydrogens (primary N) is 1. The van der Waals surface area contributed by atoms with Crippen LogP contribution in [-0.2, 0) is 14.3 Å². The fourth-order valence-corrected chi connectivity index (χ4v) is 2.32. The van der Waals surface area contributed by atoms with Crippen molar-refractivity contribution in [2.75, 3.05) is 10.6 Å². The van der Waals surface area contributed by atoms with Crippen molar-refractivity contribution in [3.05, 3.63) is 24.0 Å². The van der Waals surface area contributed by atoms with E-state index in [1.807, 2.05) is 0 Å². The van der Waals surface area contributed by atoms with Crippen LogP contribution in [0.4, 0.5) is 15.8 Å². The van der Waals surface area contributed by atoms with Gasteiger partial charge in [-0.1, -0.05) is 0 Å². The summed E-state index contributed by atoms with van der Waals surface area (Å²) in [5.74, 6) is -1.38. The summed E-state index contributed by atoms with van der Waals surface area (Å²) in [5, 5.41) is 0. The van der Waals surface area contributed by atoms with Crippen molar-refractivity contribution in [3.63, 3.8) is 0 Å². The van der Waals surface area contributed by atoms with Crippen molar-refractivity contribution in [2.24, 2.45) is 0 Å². The lowest BCUT2D eigenvalue weighted by Crippen LogP contribution is -2.52. The van der Waals surface area contributed by atoms with Crippen LogP contribution in [0.2, 0.25) is 0 Å². The molecule has 2 fully saturated rings. The second-order valence-corrected chi connectivity index (χ2v) is 4.41. The fraction of sp³-hybridized carbons (Fsp3) is 0.333. The molecule has 2 bridgehead atoms. The number of fused-ring (bicyclic) bond motifs is 2. The Hall–Kier alpha value is -1.95. The number of nitrogen functional groups attached to an aromatic ring is 1. The smallest absolute Gasteiger partial charge is 0.262 e. The number of halogens is 1. The Bertz CT molecular complexity index is 524. The zero-order chi connectivity index (χ0) is 12.9. The maximum absolute atomic E-state index is 13.1. The third kappa shape index (κ3) is 1.49. The summed E-state index contributed by atoms with van der Waals surface area (Å²) < 4.78 is 18.4. The summed E-state index contributed by atoms with van der Waals surface area (Å²) in [5.41, 5.74) is 5.65. The van der Waals surface area contributed by atoms with E-state index in [4.69, 9.17) is 10.5 Å². The molecular weight excluding hydrogens is 239 g/mol. The number of carbonyl (C=O) groups is 2. The van der Waals surface area contributed by atoms with E-state index in [0.717, 1.165) is 11.0 Å². The van der Waals surface area contributed by atoms with Gasteiger partial charge in [0.25, 0.3) is 11.8 Å². The summed E-state index contributed by atoms with van der Waals surface area (Å²) in [6, 6.07) is 3.80. The number of rotatable bonds is 1. The highest BCUT2D eigenvalue weighted by Crippen LogP contribution is 2.32. The first-order valence-corrected chi connectivity index (χ1v) is 5.66. The second kappa shape index (κ2) is 3.78. The van der Waals surface area contributed by atoms with Gasteiger partial charge in [0.15, 0.2) is 0 Å². The summed E-state index contributed by atoms with van der Waals surface area (Å²) in [7, 11) is 0. The van der Waals surface area contributed by atoms with Crippen molar-refractivity contribution in [1.82, 2.24) is 0 Å². The zero-order valence-corrected chi connectivity index (χ0v) is 9.43. The first kappa shape index (κ1) is 11.2. The number of hydrogen-bond donors (Lipinski definition) is 1. The lowest BCUT2D eigenvalue weighted by molar-refractivity contribution is -0.146. The SMILES string of the molecule is Nc1cc(N2C(=O)C3CCC(O3)C2=O)ccc1F. The summed E-state index contributed by atoms with van der Waals surface area (Å²) >= 11 is 0. The van der Waals surface area contributed by atoms with E-state index in [2.05, 4.69) is 0 Å². The summed E-state index contributed by atoms with van der Waals surface area (Å²) in [4.78, 5) is 25.1. The second-order valence-electron chi connectivity index (χ2n) is 4.41. The average molecular weight is 250 g/mol. The molecule has 0 aromatic heterocycles. The molecule has 6 heteroatoms. The normalized spacial score (nSPS) is 26.8. The Labute approximate surface area is 102 Å². The Balaban J connectivity index is 2.02. The first-order chi connectivity index (χ1) is 8.58. The number of imide groups is 1. The maximum Gasteiger partial charge on any atom is 0.262 e. The minimum Gasteiger partial charge on any atom is -0.396 e. The van der Waals surface area contributed by atoms with Crippen LogP contribution in [-0.4, -0.2) is 24.0 Å². The van der Waals surface area contributed by atoms with E-state index in [9.17, 15) is 14.0 Å². The standard InChI is InChI=1S/C12H11FN2O3/c13-7-2-1-6(5-8(7)14)15-11(16)9-3-4-10(18-9)12(15)17/h1-2,5,9-10H,3-4,14H2. The van der Waals surface area contributed by atoms with Gasteiger partial charge < -0.3 is 10.5 Å². The molecule has 2 aliphatic heterocycles. The highest BCUT2D eigenvalue weighted by Gasteiger charge is 2.47. The van der Waals surface area contributed by atoms with Gasteiger partial charge in [-0.2, -0.15) is 0 Å². The molecule has 1 aromatic carbocycles. The van der Waals surface area contributed by atoms with Crippen LogP contribution in [0.1, 0.15) is 12.8 Å². The van der Waals surface area contributed by atoms with Crippen molar-refractivity contribution in [3.8, 4) is 0 Å². The Morgan fingerprint density at radius 1 is 1.22 bits per heavy atom. The average Bonchev–Trinajstić information content (AvgIpc) is 2.78. The number of anilines is 2. The monoisotopic (exact) mass is 250 g/mol. The maximum atomic E-state index is 13.1. The molecule has 2 atom stereocenters. The van der Waals surface area contributed by atoms with Crippen molar-refractivity contribution < 1.29 is 18.7 Å². The molecule has 18 heavy (non-hydrogen) atoms. The van der Waals surface area contributed by atoms with Gasteiger partial charge in [0.1, 0.15) is 18.0 Å². The van der Waals surface area contributed by atoms with Crippen molar-refractivity contribution in [1.29, 1.82) is 0 Å². The molecule has 1 aromatic rings. The quantitative estimate of drug-likeness (QED) is 0.592. The number of amides is 2. The van der Waals surface area contributed by atoms with Gasteiger partial charge in [-0.15, -0.1) is 0 Å². The number of nitrogens with zero attached hydrogens (tertiary/aromatic N) is 1. The number of morpholine rings is 1. The van der Waals surface area contributed by atoms with Crippen LogP contribution in [0.3, 0.4) is 0 Å². The van der Waals surface area contributed by atoms with Gasteiger partial charge in [0, 0.05) is 0 Å². The molecule has 94 valence electrons. The van der Waals surface area contributed by atoms with Gasteiger partial charge in [-0.25, -0.2) is 9.29 Å². The van der Waals surface area contributed by atoms with Gasteiger partial charge >= 0.3 is 0 Å². The van der Waals surface area contributed by atoms with Gasteiger partial charge in [0.05, 0.1) is 11.4 Å². The largest absolute Gasteiger partial charge is 0.396 e. The summed E-state index contributed by atoms with van der Waals surface area (Å²) in [6.45, 7) is 0. The number of benzene rings is 1. The molecule has 2 amide bonds. The number of carbonyl (C=O) groups excluding carboxylic acids is 2. The van der Waals surface area contributed by atoms with Gasteiger partial charge in [0.2, 0.25) is 0 Å². The van der Waals surface area contributed by atoms with Crippen molar-refractivity contribution in [2.45, 2.75) is 25.0 Å². The molecule has 2 saturated heterocycles. The molecular formula is C12H11FN2O3. The lowest BCUT2D eigenvalue weighted by Gasteiger charge is -2.30. The Morgan fingerprint density at radius 3 is 2.39 bits per heavy atom. The third-order valence-electron chi connectivity index (χ3n) is 3.25. The minimum atomic E-state index is -0.574. The van der Waals surface area contributed by atoms with Crippen LogP contribution in [0.25, 0.3) is 0 Å². The molecule has 3 rings (SSSR count). The Morgan fingerprint density at radius 2 is 1.83 bits per heavy atom. The molecule has 2 aliphatic rings. The fourth-order valence-electron chi connectivity index (χ4n) is 2.32. The van der Waals surface area contributed by atoms with E-state index < -0.39 is 29.8 Å². The molecule has 0 radical (unpaired) electrons. The lowest BCUT2D eigenvalue weighted by atomic mass is 10.2. The molecule has 2 N–H and O–H groups in total. The number of hydrogen-bond acceptors (Lipinski definition) is 4. The molecule has 2 unspecified atom stereocenters. The first-order valence-electron chi connectivity index (χ1n) is 5.66. The van der Waals surface area contributed by atoms with Crippen LogP contribution in [0.15, 0.2) is 18.2 Å². The predicted octanol–water partition coefficient (Wildman–Crippen LogP) is 0.829. The van der Waals surface area contributed by atoms with E-state index in [1.54, 1.807) is 0 Å². The van der Waals surface area contributed by atoms with E-state index in [0.29, 0.717) is 18.5 Å². The van der Waals surface area contributed by atoms with Crippen LogP contribution in [0.5, 0.6) is 0 Å². The van der Waals surface area contributed by atoms with E-state index >= 15 is 0 Å². The van der Waals surface area contributed by atoms with Gasteiger partial charge in [-0.3, -0.25) is 9.59 Å². The Kier molecular flexibility index (Phi) is 2.34. The van der Waals surface area contributed by atoms with Crippen molar-refractivity contribution >= 4 is 23.2 Å². The van der Waals surface area contributed by atoms with Crippen LogP contribution in [0, 0.1) is 5.82 Å². The highest BCUT2D eigenvalue weighted by molar-refractivity contribution is 6.19. The third-order valence-corrected chi connectivity index (χ3v) is 3.25. The highest BCUT2D eigenvalue weighted by atomic mass is 19.1. The van der Waals surface area contributed by atoms with E-state index in [-0.39, 0.29) is 5.69 Å². The van der Waals surface area contributed by atoms with Crippen LogP contribution < -0.4 is 10.6 Å². The summed E-state index contributed by atoms with van der Waals surface area (Å²) in [6.07, 6.45) is -0.0527. The molecule has 5 nitrogen and oxygen atoms in total. The van der Waals surface area contributed by atoms with Gasteiger partial charge in [-0.05, 0) is 31.0 Å². The predicted molar refractivity (Wildman–Crippen MR) is 61.2 cm³/mol.